The summed E-state index contributed by atoms with van der Waals surface area (Å²) < 4.78 is 28.5. The molecule has 0 spiro atoms. The first kappa shape index (κ1) is 15.2. The van der Waals surface area contributed by atoms with Crippen LogP contribution in [0, 0.1) is 0 Å². The smallest absolute Gasteiger partial charge is 0.387 e. The Morgan fingerprint density at radius 2 is 2.00 bits per heavy atom. The monoisotopic (exact) mass is 298 g/mol. The third-order valence-electron chi connectivity index (χ3n) is 3.24. The van der Waals surface area contributed by atoms with Crippen LogP contribution in [0.5, 0.6) is 5.75 Å². The van der Waals surface area contributed by atoms with E-state index in [0.29, 0.717) is 12.1 Å². The van der Waals surface area contributed by atoms with E-state index in [1.165, 1.54) is 29.2 Å². The number of hydrogen-bond acceptors (Lipinski definition) is 3. The average Bonchev–Trinajstić information content (AvgIpc) is 2.59. The highest BCUT2D eigenvalue weighted by Crippen LogP contribution is 2.23. The van der Waals surface area contributed by atoms with E-state index in [4.69, 9.17) is 0 Å². The lowest BCUT2D eigenvalue weighted by atomic mass is 10.2. The van der Waals surface area contributed by atoms with Crippen molar-refractivity contribution in [2.24, 2.45) is 0 Å². The van der Waals surface area contributed by atoms with Crippen LogP contribution in [0.1, 0.15) is 19.8 Å². The summed E-state index contributed by atoms with van der Waals surface area (Å²) >= 11 is 0. The van der Waals surface area contributed by atoms with Crippen molar-refractivity contribution in [3.05, 3.63) is 24.3 Å². The second-order valence-corrected chi connectivity index (χ2v) is 4.64. The fraction of sp³-hybridized carbons (Fsp3) is 0.429. The molecule has 0 bridgehead atoms. The number of hydrogen-bond donors (Lipinski definition) is 1. The van der Waals surface area contributed by atoms with E-state index < -0.39 is 12.7 Å². The van der Waals surface area contributed by atoms with E-state index in [9.17, 15) is 18.4 Å². The van der Waals surface area contributed by atoms with E-state index in [-0.39, 0.29) is 30.5 Å². The SMILES string of the molecule is CCC1NC(=O)CCN(c2ccc(OC(F)F)cc2)C1=O. The van der Waals surface area contributed by atoms with Gasteiger partial charge in [-0.05, 0) is 30.7 Å². The third kappa shape index (κ3) is 3.68. The standard InChI is InChI=1S/C14H16F2N2O3/c1-2-11-13(20)18(8-7-12(19)17-11)9-3-5-10(6-4-9)21-14(15)16/h3-6,11,14H,2,7-8H2,1H3,(H,17,19). The quantitative estimate of drug-likeness (QED) is 0.924. The lowest BCUT2D eigenvalue weighted by Gasteiger charge is -2.23. The number of halogens is 2. The van der Waals surface area contributed by atoms with Gasteiger partial charge in [-0.25, -0.2) is 0 Å². The van der Waals surface area contributed by atoms with Gasteiger partial charge in [0, 0.05) is 18.7 Å². The van der Waals surface area contributed by atoms with Crippen LogP contribution >= 0.6 is 0 Å². The summed E-state index contributed by atoms with van der Waals surface area (Å²) in [5.41, 5.74) is 0.552. The predicted molar refractivity (Wildman–Crippen MR) is 72.3 cm³/mol. The Morgan fingerprint density at radius 3 is 2.57 bits per heavy atom. The molecule has 1 saturated heterocycles. The minimum atomic E-state index is -2.89. The second kappa shape index (κ2) is 6.51. The maximum absolute atomic E-state index is 12.3. The van der Waals surface area contributed by atoms with Gasteiger partial charge in [-0.15, -0.1) is 0 Å². The predicted octanol–water partition coefficient (Wildman–Crippen LogP) is 1.92. The normalized spacial score (nSPS) is 19.4. The van der Waals surface area contributed by atoms with Gasteiger partial charge < -0.3 is 15.0 Å². The molecule has 1 aliphatic rings. The van der Waals surface area contributed by atoms with Gasteiger partial charge in [-0.1, -0.05) is 6.92 Å². The van der Waals surface area contributed by atoms with E-state index >= 15 is 0 Å². The van der Waals surface area contributed by atoms with Crippen LogP contribution in [0.15, 0.2) is 24.3 Å². The van der Waals surface area contributed by atoms with E-state index in [2.05, 4.69) is 10.1 Å². The molecule has 1 N–H and O–H groups in total. The topological polar surface area (TPSA) is 58.6 Å². The molecule has 0 saturated carbocycles. The molecule has 0 radical (unpaired) electrons. The zero-order chi connectivity index (χ0) is 15.4. The molecule has 2 amide bonds. The zero-order valence-corrected chi connectivity index (χ0v) is 11.5. The van der Waals surface area contributed by atoms with Gasteiger partial charge in [-0.2, -0.15) is 8.78 Å². The van der Waals surface area contributed by atoms with E-state index in [0.717, 1.165) is 0 Å². The van der Waals surface area contributed by atoms with Crippen molar-refractivity contribution in [2.75, 3.05) is 11.4 Å². The number of nitrogens with one attached hydrogen (secondary N) is 1. The molecule has 114 valence electrons. The lowest BCUT2D eigenvalue weighted by Crippen LogP contribution is -2.44. The molecule has 1 aromatic carbocycles. The van der Waals surface area contributed by atoms with Crippen molar-refractivity contribution in [3.8, 4) is 5.75 Å². The number of carbonyl (C=O) groups excluding carboxylic acids is 2. The molecular formula is C14H16F2N2O3. The molecular weight excluding hydrogens is 282 g/mol. The highest BCUT2D eigenvalue weighted by molar-refractivity contribution is 6.01. The first-order valence-corrected chi connectivity index (χ1v) is 6.67. The van der Waals surface area contributed by atoms with Crippen molar-refractivity contribution in [1.29, 1.82) is 0 Å². The fourth-order valence-corrected chi connectivity index (χ4v) is 2.18. The molecule has 1 unspecified atom stereocenters. The van der Waals surface area contributed by atoms with Gasteiger partial charge in [0.15, 0.2) is 0 Å². The number of amides is 2. The maximum Gasteiger partial charge on any atom is 0.387 e. The highest BCUT2D eigenvalue weighted by atomic mass is 19.3. The Bertz CT molecular complexity index is 519. The van der Waals surface area contributed by atoms with Crippen molar-refractivity contribution in [2.45, 2.75) is 32.4 Å². The molecule has 1 aromatic rings. The van der Waals surface area contributed by atoms with Crippen LogP contribution in [0.4, 0.5) is 14.5 Å². The van der Waals surface area contributed by atoms with Gasteiger partial charge in [-0.3, -0.25) is 9.59 Å². The summed E-state index contributed by atoms with van der Waals surface area (Å²) in [6.45, 7) is -0.816. The largest absolute Gasteiger partial charge is 0.435 e. The summed E-state index contributed by atoms with van der Waals surface area (Å²) in [4.78, 5) is 25.4. The molecule has 1 heterocycles. The molecule has 1 fully saturated rings. The van der Waals surface area contributed by atoms with Gasteiger partial charge in [0.2, 0.25) is 11.8 Å². The minimum Gasteiger partial charge on any atom is -0.435 e. The van der Waals surface area contributed by atoms with Gasteiger partial charge in [0.25, 0.3) is 0 Å². The summed E-state index contributed by atoms with van der Waals surface area (Å²) in [6.07, 6.45) is 0.700. The first-order chi connectivity index (χ1) is 10.0. The Morgan fingerprint density at radius 1 is 1.33 bits per heavy atom. The number of anilines is 1. The van der Waals surface area contributed by atoms with Crippen molar-refractivity contribution in [1.82, 2.24) is 5.32 Å². The molecule has 2 rings (SSSR count). The van der Waals surface area contributed by atoms with Gasteiger partial charge in [0.05, 0.1) is 0 Å². The summed E-state index contributed by atoms with van der Waals surface area (Å²) in [7, 11) is 0. The highest BCUT2D eigenvalue weighted by Gasteiger charge is 2.29. The number of alkyl halides is 2. The maximum atomic E-state index is 12.3. The van der Waals surface area contributed by atoms with Crippen LogP contribution in [0.2, 0.25) is 0 Å². The summed E-state index contributed by atoms with van der Waals surface area (Å²) in [5.74, 6) is -0.349. The summed E-state index contributed by atoms with van der Waals surface area (Å²) in [5, 5.41) is 2.66. The third-order valence-corrected chi connectivity index (χ3v) is 3.24. The molecule has 1 atom stereocenters. The number of ether oxygens (including phenoxy) is 1. The van der Waals surface area contributed by atoms with Crippen LogP contribution in [-0.4, -0.2) is 31.0 Å². The lowest BCUT2D eigenvalue weighted by molar-refractivity contribution is -0.125. The number of carbonyl (C=O) groups is 2. The molecule has 0 aromatic heterocycles. The number of nitrogens with zero attached hydrogens (tertiary/aromatic N) is 1. The number of benzene rings is 1. The minimum absolute atomic E-state index is 0.0252. The van der Waals surface area contributed by atoms with Crippen LogP contribution < -0.4 is 15.0 Å². The summed E-state index contributed by atoms with van der Waals surface area (Å²) in [6, 6.07) is 5.24. The Balaban J connectivity index is 2.18. The Labute approximate surface area is 120 Å². The Hall–Kier alpha value is -2.18. The second-order valence-electron chi connectivity index (χ2n) is 4.64. The molecule has 21 heavy (non-hydrogen) atoms. The first-order valence-electron chi connectivity index (χ1n) is 6.67. The van der Waals surface area contributed by atoms with Gasteiger partial charge in [0.1, 0.15) is 11.8 Å². The van der Waals surface area contributed by atoms with Crippen LogP contribution in [0.25, 0.3) is 0 Å². The van der Waals surface area contributed by atoms with E-state index in [1.807, 2.05) is 6.92 Å². The average molecular weight is 298 g/mol. The fourth-order valence-electron chi connectivity index (χ4n) is 2.18. The zero-order valence-electron chi connectivity index (χ0n) is 11.5. The Kier molecular flexibility index (Phi) is 4.72. The molecule has 7 heteroatoms. The molecule has 0 aliphatic carbocycles. The van der Waals surface area contributed by atoms with Crippen LogP contribution in [-0.2, 0) is 9.59 Å². The van der Waals surface area contributed by atoms with Crippen molar-refractivity contribution in [3.63, 3.8) is 0 Å². The van der Waals surface area contributed by atoms with E-state index in [1.54, 1.807) is 0 Å². The number of rotatable bonds is 4. The molecule has 5 nitrogen and oxygen atoms in total. The van der Waals surface area contributed by atoms with Crippen molar-refractivity contribution >= 4 is 17.5 Å². The van der Waals surface area contributed by atoms with Crippen LogP contribution in [0.3, 0.4) is 0 Å². The molecule has 1 aliphatic heterocycles. The van der Waals surface area contributed by atoms with Crippen molar-refractivity contribution < 1.29 is 23.1 Å². The van der Waals surface area contributed by atoms with Gasteiger partial charge >= 0.3 is 6.61 Å².